The second-order valence-corrected chi connectivity index (χ2v) is 8.54. The zero-order chi connectivity index (χ0) is 27.1. The fraction of sp³-hybridized carbons (Fsp3) is 0.423. The summed E-state index contributed by atoms with van der Waals surface area (Å²) in [6.07, 6.45) is -3.87. The SMILES string of the molecule is COc1cc(C[C@H](CO)c2cc(/C=C/C=O)cc(OC)c2O[C@@H]2O[C@H](CO)[C@@H](O)[C@H](O)[C@H]2O)ccc1O. The van der Waals surface area contributed by atoms with Crippen molar-refractivity contribution in [1.29, 1.82) is 0 Å². The molecule has 0 spiro atoms. The van der Waals surface area contributed by atoms with Gasteiger partial charge in [0.15, 0.2) is 23.0 Å². The number of rotatable bonds is 11. The lowest BCUT2D eigenvalue weighted by Gasteiger charge is -2.40. The van der Waals surface area contributed by atoms with Gasteiger partial charge in [0, 0.05) is 11.5 Å². The summed E-state index contributed by atoms with van der Waals surface area (Å²) in [5.74, 6) is -0.123. The minimum absolute atomic E-state index is 0.0406. The van der Waals surface area contributed by atoms with Crippen LogP contribution >= 0.6 is 0 Å². The molecule has 0 saturated carbocycles. The van der Waals surface area contributed by atoms with Crippen molar-refractivity contribution in [3.63, 3.8) is 0 Å². The van der Waals surface area contributed by atoms with Crippen molar-refractivity contribution < 1.29 is 54.4 Å². The molecule has 6 atom stereocenters. The van der Waals surface area contributed by atoms with Gasteiger partial charge in [-0.25, -0.2) is 0 Å². The standard InChI is InChI=1S/C26H32O11/c1-34-19-10-15(5-6-18(19)30)8-16(12-28)17-9-14(4-3-7-27)11-20(35-2)25(17)37-26-24(33)23(32)22(31)21(13-29)36-26/h3-7,9-11,16,21-24,26,28-33H,8,12-13H2,1-2H3/b4-3+/t16-,21-,22-,23+,24-,26+/m1/s1. The summed E-state index contributed by atoms with van der Waals surface area (Å²) in [7, 11) is 2.80. The van der Waals surface area contributed by atoms with Crippen LogP contribution in [-0.2, 0) is 16.0 Å². The number of methoxy groups -OCH3 is 2. The first-order valence-corrected chi connectivity index (χ1v) is 11.6. The molecule has 3 rings (SSSR count). The van der Waals surface area contributed by atoms with Crippen molar-refractivity contribution in [3.05, 3.63) is 53.1 Å². The average molecular weight is 521 g/mol. The summed E-state index contributed by atoms with van der Waals surface area (Å²) in [5.41, 5.74) is 1.71. The third-order valence-corrected chi connectivity index (χ3v) is 6.16. The Hall–Kier alpha value is -3.19. The Balaban J connectivity index is 2.07. The predicted molar refractivity (Wildman–Crippen MR) is 131 cm³/mol. The highest BCUT2D eigenvalue weighted by atomic mass is 16.7. The van der Waals surface area contributed by atoms with Gasteiger partial charge in [-0.15, -0.1) is 0 Å². The highest BCUT2D eigenvalue weighted by Crippen LogP contribution is 2.41. The summed E-state index contributed by atoms with van der Waals surface area (Å²) in [4.78, 5) is 10.9. The lowest BCUT2D eigenvalue weighted by molar-refractivity contribution is -0.277. The van der Waals surface area contributed by atoms with Crippen molar-refractivity contribution in [1.82, 2.24) is 0 Å². The van der Waals surface area contributed by atoms with Gasteiger partial charge in [-0.3, -0.25) is 4.79 Å². The number of aliphatic hydroxyl groups is 5. The largest absolute Gasteiger partial charge is 0.504 e. The fourth-order valence-corrected chi connectivity index (χ4v) is 4.16. The molecular formula is C26H32O11. The maximum Gasteiger partial charge on any atom is 0.229 e. The summed E-state index contributed by atoms with van der Waals surface area (Å²) in [6, 6.07) is 8.01. The molecule has 6 N–H and O–H groups in total. The van der Waals surface area contributed by atoms with Gasteiger partial charge in [-0.1, -0.05) is 12.1 Å². The Bertz CT molecular complexity index is 1080. The third-order valence-electron chi connectivity index (χ3n) is 6.16. The van der Waals surface area contributed by atoms with Gasteiger partial charge in [-0.05, 0) is 47.9 Å². The van der Waals surface area contributed by atoms with E-state index in [4.69, 9.17) is 18.9 Å². The Morgan fingerprint density at radius 3 is 2.35 bits per heavy atom. The van der Waals surface area contributed by atoms with E-state index >= 15 is 0 Å². The van der Waals surface area contributed by atoms with Crippen molar-refractivity contribution >= 4 is 12.4 Å². The molecule has 1 heterocycles. The van der Waals surface area contributed by atoms with Crippen LogP contribution in [0.1, 0.15) is 22.6 Å². The van der Waals surface area contributed by atoms with Gasteiger partial charge < -0.3 is 49.6 Å². The van der Waals surface area contributed by atoms with E-state index in [1.807, 2.05) is 0 Å². The molecule has 0 unspecified atom stereocenters. The monoisotopic (exact) mass is 520 g/mol. The lowest BCUT2D eigenvalue weighted by atomic mass is 9.90. The summed E-state index contributed by atoms with van der Waals surface area (Å²) in [6.45, 7) is -0.982. The molecule has 37 heavy (non-hydrogen) atoms. The Morgan fingerprint density at radius 1 is 1.00 bits per heavy atom. The number of phenolic OH excluding ortho intramolecular Hbond substituents is 1. The lowest BCUT2D eigenvalue weighted by Crippen LogP contribution is -2.60. The molecule has 2 aromatic rings. The van der Waals surface area contributed by atoms with Gasteiger partial charge in [0.05, 0.1) is 27.4 Å². The molecule has 0 amide bonds. The van der Waals surface area contributed by atoms with Crippen LogP contribution in [0.3, 0.4) is 0 Å². The normalized spacial score (nSPS) is 24.6. The van der Waals surface area contributed by atoms with Crippen LogP contribution in [0, 0.1) is 0 Å². The Kier molecular flexibility index (Phi) is 9.86. The first-order valence-electron chi connectivity index (χ1n) is 11.6. The van der Waals surface area contributed by atoms with Gasteiger partial charge in [0.25, 0.3) is 0 Å². The fourth-order valence-electron chi connectivity index (χ4n) is 4.16. The first kappa shape index (κ1) is 28.4. The zero-order valence-corrected chi connectivity index (χ0v) is 20.4. The topological polar surface area (TPSA) is 175 Å². The van der Waals surface area contributed by atoms with Gasteiger partial charge in [0.2, 0.25) is 6.29 Å². The molecule has 202 valence electrons. The molecule has 2 aromatic carbocycles. The number of aromatic hydroxyl groups is 1. The van der Waals surface area contributed by atoms with E-state index in [1.54, 1.807) is 24.3 Å². The van der Waals surface area contributed by atoms with Crippen LogP contribution in [-0.4, -0.2) is 95.1 Å². The van der Waals surface area contributed by atoms with Crippen molar-refractivity contribution in [3.8, 4) is 23.0 Å². The second-order valence-electron chi connectivity index (χ2n) is 8.54. The summed E-state index contributed by atoms with van der Waals surface area (Å²) >= 11 is 0. The summed E-state index contributed by atoms with van der Waals surface area (Å²) < 4.78 is 22.1. The first-order chi connectivity index (χ1) is 17.8. The van der Waals surface area contributed by atoms with Crippen LogP contribution in [0.25, 0.3) is 6.08 Å². The molecule has 0 radical (unpaired) electrons. The number of aldehydes is 1. The molecule has 1 saturated heterocycles. The van der Waals surface area contributed by atoms with Gasteiger partial charge in [-0.2, -0.15) is 0 Å². The number of hydrogen-bond donors (Lipinski definition) is 6. The minimum Gasteiger partial charge on any atom is -0.504 e. The Labute approximate surface area is 213 Å². The van der Waals surface area contributed by atoms with E-state index in [9.17, 15) is 35.4 Å². The van der Waals surface area contributed by atoms with Crippen LogP contribution in [0.5, 0.6) is 23.0 Å². The molecule has 1 aliphatic rings. The molecule has 11 heteroatoms. The maximum absolute atomic E-state index is 10.9. The zero-order valence-electron chi connectivity index (χ0n) is 20.4. The van der Waals surface area contributed by atoms with Crippen molar-refractivity contribution in [2.24, 2.45) is 0 Å². The number of allylic oxidation sites excluding steroid dienone is 1. The molecule has 11 nitrogen and oxygen atoms in total. The predicted octanol–water partition coefficient (Wildman–Crippen LogP) is 0.119. The average Bonchev–Trinajstić information content (AvgIpc) is 2.91. The van der Waals surface area contributed by atoms with E-state index in [0.29, 0.717) is 17.4 Å². The van der Waals surface area contributed by atoms with Crippen LogP contribution in [0.4, 0.5) is 0 Å². The maximum atomic E-state index is 10.9. The number of aliphatic hydroxyl groups excluding tert-OH is 5. The van der Waals surface area contributed by atoms with E-state index in [2.05, 4.69) is 0 Å². The molecular weight excluding hydrogens is 488 g/mol. The summed E-state index contributed by atoms with van der Waals surface area (Å²) in [5, 5.41) is 60.6. The highest BCUT2D eigenvalue weighted by molar-refractivity contribution is 5.75. The smallest absolute Gasteiger partial charge is 0.229 e. The number of carbonyl (C=O) groups excluding carboxylic acids is 1. The number of phenols is 1. The van der Waals surface area contributed by atoms with Crippen LogP contribution < -0.4 is 14.2 Å². The Morgan fingerprint density at radius 2 is 1.73 bits per heavy atom. The molecule has 0 bridgehead atoms. The van der Waals surface area contributed by atoms with Crippen LogP contribution in [0.2, 0.25) is 0 Å². The molecule has 1 fully saturated rings. The number of carbonyl (C=O) groups is 1. The highest BCUT2D eigenvalue weighted by Gasteiger charge is 2.45. The van der Waals surface area contributed by atoms with E-state index < -0.39 is 43.2 Å². The molecule has 0 aromatic heterocycles. The van der Waals surface area contributed by atoms with E-state index in [-0.39, 0.29) is 36.0 Å². The second kappa shape index (κ2) is 12.9. The number of hydrogen-bond acceptors (Lipinski definition) is 11. The van der Waals surface area contributed by atoms with Crippen LogP contribution in [0.15, 0.2) is 36.4 Å². The minimum atomic E-state index is -1.67. The number of ether oxygens (including phenoxy) is 4. The quantitative estimate of drug-likeness (QED) is 0.175. The van der Waals surface area contributed by atoms with E-state index in [0.717, 1.165) is 5.56 Å². The van der Waals surface area contributed by atoms with Crippen molar-refractivity contribution in [2.45, 2.75) is 43.0 Å². The molecule has 1 aliphatic heterocycles. The van der Waals surface area contributed by atoms with Gasteiger partial charge in [0.1, 0.15) is 30.7 Å². The number of benzene rings is 2. The van der Waals surface area contributed by atoms with E-state index in [1.165, 1.54) is 32.4 Å². The molecule has 0 aliphatic carbocycles. The third kappa shape index (κ3) is 6.39. The van der Waals surface area contributed by atoms with Crippen molar-refractivity contribution in [2.75, 3.05) is 27.4 Å². The van der Waals surface area contributed by atoms with Gasteiger partial charge >= 0.3 is 0 Å².